The Morgan fingerprint density at radius 1 is 0.750 bits per heavy atom. The minimum atomic E-state index is -2.71. The molecule has 5 heteroatoms. The molecule has 2 saturated heterocycles. The van der Waals surface area contributed by atoms with Crippen molar-refractivity contribution in [1.29, 1.82) is 0 Å². The van der Waals surface area contributed by atoms with Crippen LogP contribution in [0.4, 0.5) is 0 Å². The predicted molar refractivity (Wildman–Crippen MR) is 65.4 cm³/mol. The van der Waals surface area contributed by atoms with Crippen molar-refractivity contribution in [3.8, 4) is 0 Å². The molecule has 0 N–H and O–H groups in total. The first-order valence-corrected chi connectivity index (χ1v) is 8.13. The van der Waals surface area contributed by atoms with Gasteiger partial charge in [-0.1, -0.05) is 6.42 Å². The van der Waals surface area contributed by atoms with E-state index in [1.807, 2.05) is 0 Å². The lowest BCUT2D eigenvalue weighted by Crippen LogP contribution is -2.44. The summed E-state index contributed by atoms with van der Waals surface area (Å²) in [4.78, 5) is 4.79. The van der Waals surface area contributed by atoms with Crippen molar-refractivity contribution in [2.75, 3.05) is 50.8 Å². The third-order valence-corrected chi connectivity index (χ3v) is 5.23. The monoisotopic (exact) mass is 246 g/mol. The molecule has 0 unspecified atom stereocenters. The first-order chi connectivity index (χ1) is 7.66. The van der Waals surface area contributed by atoms with Crippen molar-refractivity contribution in [2.45, 2.75) is 19.3 Å². The third-order valence-electron chi connectivity index (χ3n) is 3.62. The molecular weight excluding hydrogens is 224 g/mol. The van der Waals surface area contributed by atoms with Crippen molar-refractivity contribution in [3.63, 3.8) is 0 Å². The van der Waals surface area contributed by atoms with E-state index < -0.39 is 9.84 Å². The van der Waals surface area contributed by atoms with Crippen LogP contribution in [-0.2, 0) is 9.84 Å². The Labute approximate surface area is 98.5 Å². The molecule has 0 aliphatic carbocycles. The molecule has 0 saturated carbocycles. The van der Waals surface area contributed by atoms with Gasteiger partial charge in [0.1, 0.15) is 0 Å². The molecule has 2 aliphatic heterocycles. The van der Waals surface area contributed by atoms with Gasteiger partial charge in [-0.2, -0.15) is 0 Å². The predicted octanol–water partition coefficient (Wildman–Crippen LogP) is 0.203. The third kappa shape index (κ3) is 3.71. The number of likely N-dealkylation sites (tertiary alicyclic amines) is 1. The maximum Gasteiger partial charge on any atom is 0.152 e. The highest BCUT2D eigenvalue weighted by Crippen LogP contribution is 2.09. The summed E-state index contributed by atoms with van der Waals surface area (Å²) in [7, 11) is -2.71. The van der Waals surface area contributed by atoms with Gasteiger partial charge in [0.05, 0.1) is 11.5 Å². The van der Waals surface area contributed by atoms with E-state index in [1.54, 1.807) is 0 Å². The van der Waals surface area contributed by atoms with Crippen LogP contribution in [0.5, 0.6) is 0 Å². The molecule has 2 heterocycles. The van der Waals surface area contributed by atoms with Gasteiger partial charge in [0, 0.05) is 26.2 Å². The second-order valence-electron chi connectivity index (χ2n) is 4.90. The summed E-state index contributed by atoms with van der Waals surface area (Å²) in [5.41, 5.74) is 0. The summed E-state index contributed by atoms with van der Waals surface area (Å²) < 4.78 is 22.5. The summed E-state index contributed by atoms with van der Waals surface area (Å²) in [5, 5.41) is 0. The fourth-order valence-corrected chi connectivity index (χ4v) is 3.72. The summed E-state index contributed by atoms with van der Waals surface area (Å²) in [6.45, 7) is 6.07. The fourth-order valence-electron chi connectivity index (χ4n) is 2.44. The van der Waals surface area contributed by atoms with Gasteiger partial charge < -0.3 is 9.80 Å². The molecule has 0 amide bonds. The Bertz CT molecular complexity index is 296. The lowest BCUT2D eigenvalue weighted by atomic mass is 10.1. The quantitative estimate of drug-likeness (QED) is 0.713. The van der Waals surface area contributed by atoms with Gasteiger partial charge in [-0.3, -0.25) is 0 Å². The van der Waals surface area contributed by atoms with Gasteiger partial charge in [-0.05, 0) is 25.9 Å². The topological polar surface area (TPSA) is 40.6 Å². The van der Waals surface area contributed by atoms with Crippen molar-refractivity contribution < 1.29 is 8.42 Å². The van der Waals surface area contributed by atoms with Crippen LogP contribution in [0.25, 0.3) is 0 Å². The van der Waals surface area contributed by atoms with E-state index in [4.69, 9.17) is 0 Å². The molecule has 0 radical (unpaired) electrons. The van der Waals surface area contributed by atoms with Crippen molar-refractivity contribution >= 4 is 9.84 Å². The van der Waals surface area contributed by atoms with Crippen LogP contribution in [0, 0.1) is 0 Å². The zero-order valence-corrected chi connectivity index (χ0v) is 10.7. The Kier molecular flexibility index (Phi) is 4.21. The van der Waals surface area contributed by atoms with Crippen LogP contribution in [0.3, 0.4) is 0 Å². The van der Waals surface area contributed by atoms with Gasteiger partial charge in [0.15, 0.2) is 9.84 Å². The molecule has 0 bridgehead atoms. The Morgan fingerprint density at radius 2 is 1.25 bits per heavy atom. The van der Waals surface area contributed by atoms with E-state index in [0.717, 1.165) is 26.2 Å². The molecule has 0 atom stereocenters. The van der Waals surface area contributed by atoms with E-state index in [0.29, 0.717) is 11.5 Å². The zero-order chi connectivity index (χ0) is 11.4. The maximum atomic E-state index is 11.3. The lowest BCUT2D eigenvalue weighted by Gasteiger charge is -2.31. The molecule has 2 fully saturated rings. The molecular formula is C11H22N2O2S. The molecule has 0 aromatic heterocycles. The Hall–Kier alpha value is -0.130. The SMILES string of the molecule is O=S1(=O)CCN(CCN2CCCCC2)CC1. The van der Waals surface area contributed by atoms with Crippen molar-refractivity contribution in [1.82, 2.24) is 9.80 Å². The summed E-state index contributed by atoms with van der Waals surface area (Å²) in [5.74, 6) is 0.708. The average Bonchev–Trinajstić information content (AvgIpc) is 2.29. The van der Waals surface area contributed by atoms with E-state index in [9.17, 15) is 8.42 Å². The maximum absolute atomic E-state index is 11.3. The van der Waals surface area contributed by atoms with E-state index in [-0.39, 0.29) is 0 Å². The first-order valence-electron chi connectivity index (χ1n) is 6.31. The van der Waals surface area contributed by atoms with Crippen LogP contribution in [0.1, 0.15) is 19.3 Å². The zero-order valence-electron chi connectivity index (χ0n) is 9.90. The largest absolute Gasteiger partial charge is 0.302 e. The molecule has 0 aromatic carbocycles. The molecule has 2 rings (SSSR count). The second kappa shape index (κ2) is 5.47. The van der Waals surface area contributed by atoms with Gasteiger partial charge in [0.25, 0.3) is 0 Å². The van der Waals surface area contributed by atoms with Crippen LogP contribution in [0.15, 0.2) is 0 Å². The fraction of sp³-hybridized carbons (Fsp3) is 1.00. The minimum absolute atomic E-state index is 0.354. The highest BCUT2D eigenvalue weighted by atomic mass is 32.2. The number of sulfone groups is 1. The van der Waals surface area contributed by atoms with Crippen molar-refractivity contribution in [2.24, 2.45) is 0 Å². The smallest absolute Gasteiger partial charge is 0.152 e. The van der Waals surface area contributed by atoms with E-state index in [2.05, 4.69) is 9.80 Å². The molecule has 4 nitrogen and oxygen atoms in total. The summed E-state index contributed by atoms with van der Waals surface area (Å²) >= 11 is 0. The Morgan fingerprint density at radius 3 is 1.81 bits per heavy atom. The summed E-state index contributed by atoms with van der Waals surface area (Å²) in [6, 6.07) is 0. The number of nitrogens with zero attached hydrogens (tertiary/aromatic N) is 2. The van der Waals surface area contributed by atoms with E-state index >= 15 is 0 Å². The average molecular weight is 246 g/mol. The normalized spacial score (nSPS) is 28.0. The molecule has 0 aromatic rings. The lowest BCUT2D eigenvalue weighted by molar-refractivity contribution is 0.187. The number of hydrogen-bond acceptors (Lipinski definition) is 4. The minimum Gasteiger partial charge on any atom is -0.302 e. The number of rotatable bonds is 3. The molecule has 2 aliphatic rings. The van der Waals surface area contributed by atoms with Crippen LogP contribution in [-0.4, -0.2) is 69.0 Å². The summed E-state index contributed by atoms with van der Waals surface area (Å²) in [6.07, 6.45) is 4.03. The molecule has 16 heavy (non-hydrogen) atoms. The van der Waals surface area contributed by atoms with Crippen LogP contribution in [0.2, 0.25) is 0 Å². The molecule has 94 valence electrons. The highest BCUT2D eigenvalue weighted by Gasteiger charge is 2.21. The molecule has 0 spiro atoms. The highest BCUT2D eigenvalue weighted by molar-refractivity contribution is 7.91. The number of hydrogen-bond donors (Lipinski definition) is 0. The van der Waals surface area contributed by atoms with Gasteiger partial charge in [0.2, 0.25) is 0 Å². The van der Waals surface area contributed by atoms with Gasteiger partial charge >= 0.3 is 0 Å². The second-order valence-corrected chi connectivity index (χ2v) is 7.20. The Balaban J connectivity index is 1.67. The van der Waals surface area contributed by atoms with E-state index in [1.165, 1.54) is 32.4 Å². The van der Waals surface area contributed by atoms with Gasteiger partial charge in [-0.15, -0.1) is 0 Å². The van der Waals surface area contributed by atoms with Crippen molar-refractivity contribution in [3.05, 3.63) is 0 Å². The van der Waals surface area contributed by atoms with Gasteiger partial charge in [-0.25, -0.2) is 8.42 Å². The first kappa shape index (κ1) is 12.3. The number of piperidine rings is 1. The van der Waals surface area contributed by atoms with Crippen LogP contribution < -0.4 is 0 Å². The van der Waals surface area contributed by atoms with Crippen LogP contribution >= 0.6 is 0 Å². The standard InChI is InChI=1S/C11H22N2O2S/c14-16(15)10-8-13(9-11-16)7-6-12-4-2-1-3-5-12/h1-11H2.